The highest BCUT2D eigenvalue weighted by Gasteiger charge is 2.24. The first-order chi connectivity index (χ1) is 10.7. The summed E-state index contributed by atoms with van der Waals surface area (Å²) in [5.74, 6) is -0.478. The van der Waals surface area contributed by atoms with Crippen molar-refractivity contribution in [2.24, 2.45) is 9.98 Å². The summed E-state index contributed by atoms with van der Waals surface area (Å²) in [4.78, 5) is 40.5. The SMILES string of the molecule is O=C1NOC[C@@H]1N=Cc1ccc(C=N[C@H]2CONC2=O)cc1. The molecule has 0 bridgehead atoms. The molecule has 0 unspecified atom stereocenters. The second-order valence-electron chi connectivity index (χ2n) is 4.81. The molecule has 0 radical (unpaired) electrons. The van der Waals surface area contributed by atoms with E-state index in [4.69, 9.17) is 9.68 Å². The van der Waals surface area contributed by atoms with Gasteiger partial charge in [-0.05, 0) is 11.1 Å². The fraction of sp³-hybridized carbons (Fsp3) is 0.286. The predicted octanol–water partition coefficient (Wildman–Crippen LogP) is -0.616. The molecule has 0 aliphatic carbocycles. The minimum atomic E-state index is -0.498. The predicted molar refractivity (Wildman–Crippen MR) is 77.4 cm³/mol. The molecule has 2 N–H and O–H groups in total. The third kappa shape index (κ3) is 3.35. The quantitative estimate of drug-likeness (QED) is 0.724. The van der Waals surface area contributed by atoms with E-state index in [2.05, 4.69) is 20.9 Å². The Hall–Kier alpha value is -2.58. The topological polar surface area (TPSA) is 101 Å². The first kappa shape index (κ1) is 14.4. The Balaban J connectivity index is 1.60. The van der Waals surface area contributed by atoms with Crippen LogP contribution in [0.4, 0.5) is 0 Å². The van der Waals surface area contributed by atoms with E-state index < -0.39 is 12.1 Å². The smallest absolute Gasteiger partial charge is 0.270 e. The number of rotatable bonds is 4. The maximum atomic E-state index is 11.3. The summed E-state index contributed by atoms with van der Waals surface area (Å²) in [6.45, 7) is 0.483. The highest BCUT2D eigenvalue weighted by atomic mass is 16.7. The molecule has 1 aromatic carbocycles. The summed E-state index contributed by atoms with van der Waals surface area (Å²) in [7, 11) is 0. The van der Waals surface area contributed by atoms with Crippen molar-refractivity contribution in [2.75, 3.05) is 13.2 Å². The number of amides is 2. The summed E-state index contributed by atoms with van der Waals surface area (Å²) in [6.07, 6.45) is 3.25. The van der Waals surface area contributed by atoms with Crippen molar-refractivity contribution in [3.63, 3.8) is 0 Å². The van der Waals surface area contributed by atoms with Gasteiger partial charge in [0.2, 0.25) is 0 Å². The van der Waals surface area contributed by atoms with Crippen LogP contribution in [0, 0.1) is 0 Å². The van der Waals surface area contributed by atoms with Crippen LogP contribution in [0.25, 0.3) is 0 Å². The standard InChI is InChI=1S/C14H14N4O4/c19-13-11(7-21-17-13)15-5-9-1-2-10(4-3-9)6-16-12-8-22-18-14(12)20/h1-6,11-12H,7-8H2,(H,17,19)(H,18,20)/t11-,12-/m0/s1. The molecular weight excluding hydrogens is 288 g/mol. The van der Waals surface area contributed by atoms with E-state index >= 15 is 0 Å². The van der Waals surface area contributed by atoms with Crippen LogP contribution in [-0.4, -0.2) is 49.5 Å². The molecule has 2 aliphatic heterocycles. The Bertz CT molecular complexity index is 571. The second kappa shape index (κ2) is 6.46. The first-order valence-corrected chi connectivity index (χ1v) is 6.72. The van der Waals surface area contributed by atoms with Gasteiger partial charge in [0.15, 0.2) is 12.1 Å². The van der Waals surface area contributed by atoms with Crippen molar-refractivity contribution in [2.45, 2.75) is 12.1 Å². The summed E-state index contributed by atoms with van der Waals surface area (Å²) in [5, 5.41) is 0. The molecule has 2 saturated heterocycles. The van der Waals surface area contributed by atoms with Crippen LogP contribution in [0.5, 0.6) is 0 Å². The first-order valence-electron chi connectivity index (χ1n) is 6.72. The third-order valence-corrected chi connectivity index (χ3v) is 3.18. The third-order valence-electron chi connectivity index (χ3n) is 3.18. The summed E-state index contributed by atoms with van der Waals surface area (Å²) >= 11 is 0. The maximum absolute atomic E-state index is 11.3. The fourth-order valence-corrected chi connectivity index (χ4v) is 1.91. The molecule has 8 nitrogen and oxygen atoms in total. The zero-order chi connectivity index (χ0) is 15.4. The molecule has 2 aliphatic rings. The largest absolute Gasteiger partial charge is 0.277 e. The molecule has 22 heavy (non-hydrogen) atoms. The molecule has 2 atom stereocenters. The molecule has 0 spiro atoms. The van der Waals surface area contributed by atoms with Crippen LogP contribution in [0.2, 0.25) is 0 Å². The highest BCUT2D eigenvalue weighted by Crippen LogP contribution is 2.05. The highest BCUT2D eigenvalue weighted by molar-refractivity contribution is 5.89. The van der Waals surface area contributed by atoms with Gasteiger partial charge in [0.05, 0.1) is 0 Å². The van der Waals surface area contributed by atoms with Gasteiger partial charge in [-0.15, -0.1) is 0 Å². The van der Waals surface area contributed by atoms with Gasteiger partial charge in [0.1, 0.15) is 13.2 Å². The van der Waals surface area contributed by atoms with Gasteiger partial charge in [-0.1, -0.05) is 24.3 Å². The monoisotopic (exact) mass is 302 g/mol. The molecule has 2 amide bonds. The van der Waals surface area contributed by atoms with Crippen LogP contribution in [0.15, 0.2) is 34.3 Å². The minimum Gasteiger partial charge on any atom is -0.277 e. The van der Waals surface area contributed by atoms with Crippen LogP contribution >= 0.6 is 0 Å². The molecule has 1 aromatic rings. The van der Waals surface area contributed by atoms with Crippen molar-refractivity contribution in [1.29, 1.82) is 0 Å². The summed E-state index contributed by atoms with van der Waals surface area (Å²) in [6, 6.07) is 6.41. The lowest BCUT2D eigenvalue weighted by Gasteiger charge is -1.99. The van der Waals surface area contributed by atoms with E-state index in [1.54, 1.807) is 12.4 Å². The molecule has 3 rings (SSSR count). The van der Waals surface area contributed by atoms with Crippen molar-refractivity contribution >= 4 is 24.2 Å². The van der Waals surface area contributed by atoms with E-state index in [0.717, 1.165) is 11.1 Å². The van der Waals surface area contributed by atoms with Crippen LogP contribution in [0.1, 0.15) is 11.1 Å². The zero-order valence-electron chi connectivity index (χ0n) is 11.6. The van der Waals surface area contributed by atoms with Gasteiger partial charge in [0, 0.05) is 12.4 Å². The lowest BCUT2D eigenvalue weighted by molar-refractivity contribution is -0.125. The maximum Gasteiger partial charge on any atom is 0.270 e. The molecule has 8 heteroatoms. The summed E-state index contributed by atoms with van der Waals surface area (Å²) < 4.78 is 0. The number of hydrogen-bond acceptors (Lipinski definition) is 6. The Morgan fingerprint density at radius 1 is 0.864 bits per heavy atom. The van der Waals surface area contributed by atoms with Crippen molar-refractivity contribution in [3.05, 3.63) is 35.4 Å². The van der Waals surface area contributed by atoms with Gasteiger partial charge in [-0.2, -0.15) is 0 Å². The normalized spacial score (nSPS) is 25.1. The van der Waals surface area contributed by atoms with Crippen LogP contribution < -0.4 is 11.0 Å². The number of carbonyl (C=O) groups excluding carboxylic acids is 2. The number of hydroxylamine groups is 2. The van der Waals surface area contributed by atoms with E-state index in [9.17, 15) is 9.59 Å². The van der Waals surface area contributed by atoms with Gasteiger partial charge in [-0.3, -0.25) is 29.2 Å². The lowest BCUT2D eigenvalue weighted by Crippen LogP contribution is -2.21. The Kier molecular flexibility index (Phi) is 4.22. The van der Waals surface area contributed by atoms with E-state index in [1.165, 1.54) is 0 Å². The molecule has 0 saturated carbocycles. The van der Waals surface area contributed by atoms with E-state index in [-0.39, 0.29) is 25.0 Å². The molecular formula is C14H14N4O4. The summed E-state index contributed by atoms with van der Waals surface area (Å²) in [5.41, 5.74) is 6.22. The van der Waals surface area contributed by atoms with Crippen LogP contribution in [0.3, 0.4) is 0 Å². The average molecular weight is 302 g/mol. The van der Waals surface area contributed by atoms with Gasteiger partial charge >= 0.3 is 0 Å². The molecule has 2 fully saturated rings. The number of hydrogen-bond donors (Lipinski definition) is 2. The lowest BCUT2D eigenvalue weighted by atomic mass is 10.1. The van der Waals surface area contributed by atoms with Gasteiger partial charge < -0.3 is 0 Å². The molecule has 2 heterocycles. The number of benzene rings is 1. The van der Waals surface area contributed by atoms with Gasteiger partial charge in [-0.25, -0.2) is 11.0 Å². The van der Waals surface area contributed by atoms with Crippen molar-refractivity contribution in [1.82, 2.24) is 11.0 Å². The van der Waals surface area contributed by atoms with E-state index in [1.807, 2.05) is 24.3 Å². The average Bonchev–Trinajstić information content (AvgIpc) is 3.12. The number of nitrogens with one attached hydrogen (secondary N) is 2. The second-order valence-corrected chi connectivity index (χ2v) is 4.81. The number of aliphatic imine (C=N–C) groups is 2. The minimum absolute atomic E-state index is 0.239. The fourth-order valence-electron chi connectivity index (χ4n) is 1.91. The van der Waals surface area contributed by atoms with Crippen molar-refractivity contribution < 1.29 is 19.3 Å². The van der Waals surface area contributed by atoms with Crippen LogP contribution in [-0.2, 0) is 19.3 Å². The Morgan fingerprint density at radius 2 is 1.27 bits per heavy atom. The Morgan fingerprint density at radius 3 is 1.59 bits per heavy atom. The molecule has 114 valence electrons. The number of carbonyl (C=O) groups is 2. The zero-order valence-corrected chi connectivity index (χ0v) is 11.6. The molecule has 0 aromatic heterocycles. The van der Waals surface area contributed by atoms with Crippen molar-refractivity contribution in [3.8, 4) is 0 Å². The van der Waals surface area contributed by atoms with Gasteiger partial charge in [0.25, 0.3) is 11.8 Å². The number of nitrogens with zero attached hydrogens (tertiary/aromatic N) is 2. The van der Waals surface area contributed by atoms with E-state index in [0.29, 0.717) is 0 Å². The Labute approximate surface area is 126 Å².